The highest BCUT2D eigenvalue weighted by molar-refractivity contribution is 5.79. The van der Waals surface area contributed by atoms with Crippen molar-refractivity contribution in [2.45, 2.75) is 59.3 Å². The maximum absolute atomic E-state index is 13.9. The van der Waals surface area contributed by atoms with Crippen LogP contribution in [0.5, 0.6) is 0 Å². The van der Waals surface area contributed by atoms with Gasteiger partial charge < -0.3 is 16.3 Å². The van der Waals surface area contributed by atoms with E-state index in [4.69, 9.17) is 10.9 Å². The van der Waals surface area contributed by atoms with Gasteiger partial charge in [-0.25, -0.2) is 4.39 Å². The summed E-state index contributed by atoms with van der Waals surface area (Å²) in [5, 5.41) is 15.5. The van der Waals surface area contributed by atoms with E-state index in [1.165, 1.54) is 12.3 Å². The van der Waals surface area contributed by atoms with Crippen molar-refractivity contribution < 1.29 is 9.60 Å². The van der Waals surface area contributed by atoms with Crippen LogP contribution in [0.25, 0.3) is 0 Å². The quantitative estimate of drug-likeness (QED) is 0.382. The van der Waals surface area contributed by atoms with Gasteiger partial charge in [0.1, 0.15) is 5.82 Å². The Morgan fingerprint density at radius 1 is 1.35 bits per heavy atom. The Hall–Kier alpha value is -1.88. The molecule has 1 aromatic carbocycles. The van der Waals surface area contributed by atoms with Gasteiger partial charge in [-0.3, -0.25) is 0 Å². The van der Waals surface area contributed by atoms with Crippen LogP contribution < -0.4 is 11.1 Å². The van der Waals surface area contributed by atoms with Crippen LogP contribution >= 0.6 is 0 Å². The maximum Gasteiger partial charge on any atom is 0.126 e. The van der Waals surface area contributed by atoms with Crippen molar-refractivity contribution in [2.75, 3.05) is 13.1 Å². The fraction of sp³-hybridized carbons (Fsp3) is 0.571. The van der Waals surface area contributed by atoms with E-state index in [-0.39, 0.29) is 5.82 Å². The first kappa shape index (κ1) is 22.2. The molecule has 1 fully saturated rings. The highest BCUT2D eigenvalue weighted by Gasteiger charge is 2.19. The van der Waals surface area contributed by atoms with Gasteiger partial charge in [0.05, 0.1) is 6.21 Å². The van der Waals surface area contributed by atoms with Gasteiger partial charge in [0.25, 0.3) is 0 Å². The summed E-state index contributed by atoms with van der Waals surface area (Å²) in [6.45, 7) is 7.98. The largest absolute Gasteiger partial charge is 0.411 e. The summed E-state index contributed by atoms with van der Waals surface area (Å²) in [5.74, 6) is 0.160. The number of hydrogen-bond donors (Lipinski definition) is 3. The predicted molar refractivity (Wildman–Crippen MR) is 107 cm³/mol. The number of allylic oxidation sites excluding steroid dienone is 2. The van der Waals surface area contributed by atoms with Crippen molar-refractivity contribution in [1.29, 1.82) is 0 Å². The number of piperidine rings is 1. The number of nitrogens with one attached hydrogen (secondary N) is 1. The first-order valence-corrected chi connectivity index (χ1v) is 9.79. The van der Waals surface area contributed by atoms with E-state index in [0.29, 0.717) is 18.0 Å². The average Bonchev–Trinajstić information content (AvgIpc) is 2.68. The van der Waals surface area contributed by atoms with Gasteiger partial charge in [0, 0.05) is 12.1 Å². The van der Waals surface area contributed by atoms with Crippen LogP contribution in [-0.2, 0) is 12.8 Å². The summed E-state index contributed by atoms with van der Waals surface area (Å²) in [7, 11) is 0. The lowest BCUT2D eigenvalue weighted by molar-refractivity contribution is 0.320. The van der Waals surface area contributed by atoms with E-state index >= 15 is 0 Å². The van der Waals surface area contributed by atoms with E-state index in [1.807, 2.05) is 19.9 Å². The maximum atomic E-state index is 13.9. The Balaban J connectivity index is 0.00000163. The van der Waals surface area contributed by atoms with Gasteiger partial charge in [-0.15, -0.1) is 0 Å². The standard InChI is InChI=1S/C19H28FN3O.C2H6/c1-2-3-4-16-11-14(5-6-18(16)20)12-19(21)17(13-23-24)15-7-9-22-10-8-15;1-2/h5-6,11,13,15,22,24H,2-4,7-10,12,21H2,1H3;1-2H3/b19-17+,23-13+;. The predicted octanol–water partition coefficient (Wildman–Crippen LogP) is 4.41. The number of aryl methyl sites for hydroxylation is 1. The Morgan fingerprint density at radius 3 is 2.65 bits per heavy atom. The van der Waals surface area contributed by atoms with Crippen molar-refractivity contribution in [3.05, 3.63) is 46.4 Å². The van der Waals surface area contributed by atoms with E-state index in [9.17, 15) is 4.39 Å². The zero-order valence-corrected chi connectivity index (χ0v) is 16.4. The molecule has 0 unspecified atom stereocenters. The number of oxime groups is 1. The zero-order chi connectivity index (χ0) is 19.4. The Labute approximate surface area is 157 Å². The van der Waals surface area contributed by atoms with Crippen LogP contribution in [-0.4, -0.2) is 24.5 Å². The fourth-order valence-corrected chi connectivity index (χ4v) is 3.26. The van der Waals surface area contributed by atoms with E-state index in [2.05, 4.69) is 17.4 Å². The van der Waals surface area contributed by atoms with Crippen molar-refractivity contribution in [3.63, 3.8) is 0 Å². The van der Waals surface area contributed by atoms with Gasteiger partial charge >= 0.3 is 0 Å². The molecule has 26 heavy (non-hydrogen) atoms. The molecule has 0 spiro atoms. The summed E-state index contributed by atoms with van der Waals surface area (Å²) < 4.78 is 13.9. The highest BCUT2D eigenvalue weighted by atomic mass is 19.1. The third-order valence-corrected chi connectivity index (χ3v) is 4.65. The molecule has 0 aliphatic carbocycles. The monoisotopic (exact) mass is 363 g/mol. The summed E-state index contributed by atoms with van der Waals surface area (Å²) in [6.07, 6.45) is 6.73. The average molecular weight is 364 g/mol. The molecule has 146 valence electrons. The summed E-state index contributed by atoms with van der Waals surface area (Å²) in [4.78, 5) is 0. The molecule has 4 nitrogen and oxygen atoms in total. The van der Waals surface area contributed by atoms with Gasteiger partial charge in [-0.2, -0.15) is 0 Å². The third-order valence-electron chi connectivity index (χ3n) is 4.65. The number of nitrogens with two attached hydrogens (primary N) is 1. The molecule has 4 N–H and O–H groups in total. The second-order valence-corrected chi connectivity index (χ2v) is 6.46. The van der Waals surface area contributed by atoms with Crippen LogP contribution in [0.2, 0.25) is 0 Å². The van der Waals surface area contributed by atoms with Gasteiger partial charge in [-0.05, 0) is 67.5 Å². The van der Waals surface area contributed by atoms with Crippen LogP contribution in [0.1, 0.15) is 57.6 Å². The number of benzene rings is 1. The second kappa shape index (κ2) is 12.5. The molecule has 2 rings (SSSR count). The summed E-state index contributed by atoms with van der Waals surface area (Å²) >= 11 is 0. The van der Waals surface area contributed by atoms with Crippen molar-refractivity contribution >= 4 is 6.21 Å². The third kappa shape index (κ3) is 6.79. The number of rotatable bonds is 7. The SMILES string of the molecule is CC.CCCCc1cc(C/C(N)=C(/C=N/O)C2CCNCC2)ccc1F. The first-order valence-electron chi connectivity index (χ1n) is 9.79. The molecule has 0 saturated carbocycles. The smallest absolute Gasteiger partial charge is 0.126 e. The van der Waals surface area contributed by atoms with Gasteiger partial charge in [-0.1, -0.05) is 44.5 Å². The second-order valence-electron chi connectivity index (χ2n) is 6.46. The minimum Gasteiger partial charge on any atom is -0.411 e. The lowest BCUT2D eigenvalue weighted by Crippen LogP contribution is -2.30. The molecule has 0 bridgehead atoms. The molecule has 0 radical (unpaired) electrons. The molecular formula is C21H34FN3O. The molecule has 1 heterocycles. The number of nitrogens with zero attached hydrogens (tertiary/aromatic N) is 1. The van der Waals surface area contributed by atoms with E-state index in [1.54, 1.807) is 6.07 Å². The van der Waals surface area contributed by atoms with Crippen LogP contribution in [0, 0.1) is 11.7 Å². The lowest BCUT2D eigenvalue weighted by atomic mass is 9.88. The van der Waals surface area contributed by atoms with E-state index in [0.717, 1.165) is 61.9 Å². The summed E-state index contributed by atoms with van der Waals surface area (Å²) in [6, 6.07) is 5.22. The number of halogens is 1. The fourth-order valence-electron chi connectivity index (χ4n) is 3.26. The summed E-state index contributed by atoms with van der Waals surface area (Å²) in [5.41, 5.74) is 9.67. The molecule has 0 atom stereocenters. The van der Waals surface area contributed by atoms with Crippen LogP contribution in [0.15, 0.2) is 34.6 Å². The van der Waals surface area contributed by atoms with Crippen molar-refractivity contribution in [3.8, 4) is 0 Å². The minimum atomic E-state index is -0.148. The molecule has 1 aliphatic rings. The molecule has 0 aromatic heterocycles. The Kier molecular flexibility index (Phi) is 10.6. The first-order chi connectivity index (χ1) is 12.7. The van der Waals surface area contributed by atoms with Gasteiger partial charge in [0.15, 0.2) is 0 Å². The van der Waals surface area contributed by atoms with E-state index < -0.39 is 0 Å². The molecule has 0 amide bonds. The normalized spacial score (nSPS) is 16.2. The van der Waals surface area contributed by atoms with Crippen molar-refractivity contribution in [2.24, 2.45) is 16.8 Å². The lowest BCUT2D eigenvalue weighted by Gasteiger charge is -2.24. The van der Waals surface area contributed by atoms with Gasteiger partial charge in [0.2, 0.25) is 0 Å². The number of unbranched alkanes of at least 4 members (excludes halogenated alkanes) is 1. The molecule has 1 saturated heterocycles. The Morgan fingerprint density at radius 2 is 2.04 bits per heavy atom. The Bertz CT molecular complexity index is 593. The number of hydrogen-bond acceptors (Lipinski definition) is 4. The van der Waals surface area contributed by atoms with Crippen molar-refractivity contribution in [1.82, 2.24) is 5.32 Å². The molecule has 5 heteroatoms. The highest BCUT2D eigenvalue weighted by Crippen LogP contribution is 2.24. The topological polar surface area (TPSA) is 70.6 Å². The van der Waals surface area contributed by atoms with Crippen LogP contribution in [0.4, 0.5) is 4.39 Å². The molecule has 1 aliphatic heterocycles. The molecular weight excluding hydrogens is 329 g/mol. The minimum absolute atomic E-state index is 0.148. The van der Waals surface area contributed by atoms with Crippen LogP contribution in [0.3, 0.4) is 0 Å². The zero-order valence-electron chi connectivity index (χ0n) is 16.4. The molecule has 1 aromatic rings.